The normalized spacial score (nSPS) is 18.0. The Morgan fingerprint density at radius 3 is 2.94 bits per heavy atom. The third kappa shape index (κ3) is 3.10. The lowest BCUT2D eigenvalue weighted by atomic mass is 10.1. The first-order valence-corrected chi connectivity index (χ1v) is 6.68. The molecule has 1 aromatic rings. The lowest BCUT2D eigenvalue weighted by Gasteiger charge is -2.25. The molecule has 0 saturated carbocycles. The van der Waals surface area contributed by atoms with E-state index >= 15 is 0 Å². The smallest absolute Gasteiger partial charge is 0.303 e. The molecule has 1 atom stereocenters. The lowest BCUT2D eigenvalue weighted by Crippen LogP contribution is -2.24. The molecule has 0 fully saturated rings. The van der Waals surface area contributed by atoms with Gasteiger partial charge in [0.15, 0.2) is 0 Å². The number of aliphatic carboxylic acids is 1. The second-order valence-electron chi connectivity index (χ2n) is 5.08. The van der Waals surface area contributed by atoms with Gasteiger partial charge in [-0.3, -0.25) is 9.69 Å². The molecule has 3 nitrogen and oxygen atoms in total. The van der Waals surface area contributed by atoms with Gasteiger partial charge in [0.2, 0.25) is 0 Å². The molecule has 1 aromatic carbocycles. The van der Waals surface area contributed by atoms with Gasteiger partial charge in [0.25, 0.3) is 0 Å². The van der Waals surface area contributed by atoms with Crippen LogP contribution in [0.4, 0.5) is 0 Å². The molecule has 3 heteroatoms. The molecule has 1 unspecified atom stereocenters. The van der Waals surface area contributed by atoms with Crippen LogP contribution in [0.5, 0.6) is 0 Å². The fraction of sp³-hybridized carbons (Fsp3) is 0.533. The van der Waals surface area contributed by atoms with E-state index in [0.29, 0.717) is 6.04 Å². The van der Waals surface area contributed by atoms with Crippen molar-refractivity contribution >= 4 is 5.97 Å². The van der Waals surface area contributed by atoms with Crippen LogP contribution in [0.15, 0.2) is 24.3 Å². The van der Waals surface area contributed by atoms with E-state index in [-0.39, 0.29) is 6.42 Å². The van der Waals surface area contributed by atoms with Crippen molar-refractivity contribution in [1.82, 2.24) is 4.90 Å². The molecule has 1 aliphatic rings. The summed E-state index contributed by atoms with van der Waals surface area (Å²) in [7, 11) is 2.15. The van der Waals surface area contributed by atoms with Crippen LogP contribution in [0, 0.1) is 0 Å². The van der Waals surface area contributed by atoms with Crippen LogP contribution in [-0.2, 0) is 11.2 Å². The first-order chi connectivity index (χ1) is 8.68. The van der Waals surface area contributed by atoms with E-state index in [1.807, 2.05) is 0 Å². The minimum atomic E-state index is -0.691. The van der Waals surface area contributed by atoms with Gasteiger partial charge in [-0.25, -0.2) is 0 Å². The number of carboxylic acids is 1. The topological polar surface area (TPSA) is 40.5 Å². The van der Waals surface area contributed by atoms with Gasteiger partial charge in [0.1, 0.15) is 0 Å². The summed E-state index contributed by atoms with van der Waals surface area (Å²) in [5.41, 5.74) is 2.93. The second-order valence-corrected chi connectivity index (χ2v) is 5.08. The number of hydrogen-bond donors (Lipinski definition) is 1. The number of benzene rings is 1. The number of nitrogens with zero attached hydrogens (tertiary/aromatic N) is 1. The molecular weight excluding hydrogens is 226 g/mol. The van der Waals surface area contributed by atoms with Gasteiger partial charge in [-0.05, 0) is 50.4 Å². The lowest BCUT2D eigenvalue weighted by molar-refractivity contribution is -0.137. The quantitative estimate of drug-likeness (QED) is 0.786. The maximum Gasteiger partial charge on any atom is 0.303 e. The second kappa shape index (κ2) is 6.01. The molecule has 0 heterocycles. The largest absolute Gasteiger partial charge is 0.481 e. The summed E-state index contributed by atoms with van der Waals surface area (Å²) in [6.45, 7) is 0.978. The maximum absolute atomic E-state index is 10.5. The summed E-state index contributed by atoms with van der Waals surface area (Å²) in [6, 6.07) is 9.17. The highest BCUT2D eigenvalue weighted by atomic mass is 16.4. The average Bonchev–Trinajstić information content (AvgIpc) is 2.78. The Morgan fingerprint density at radius 2 is 2.17 bits per heavy atom. The van der Waals surface area contributed by atoms with E-state index in [1.165, 1.54) is 24.0 Å². The zero-order chi connectivity index (χ0) is 13.0. The Bertz CT molecular complexity index is 417. The van der Waals surface area contributed by atoms with Crippen LogP contribution >= 0.6 is 0 Å². The van der Waals surface area contributed by atoms with Gasteiger partial charge in [0, 0.05) is 12.5 Å². The Morgan fingerprint density at radius 1 is 1.39 bits per heavy atom. The van der Waals surface area contributed by atoms with E-state index in [0.717, 1.165) is 19.4 Å². The predicted molar refractivity (Wildman–Crippen MR) is 71.6 cm³/mol. The summed E-state index contributed by atoms with van der Waals surface area (Å²) in [6.07, 6.45) is 4.37. The number of fused-ring (bicyclic) bond motifs is 1. The highest BCUT2D eigenvalue weighted by molar-refractivity contribution is 5.66. The molecule has 0 amide bonds. The van der Waals surface area contributed by atoms with Gasteiger partial charge < -0.3 is 5.11 Å². The van der Waals surface area contributed by atoms with Gasteiger partial charge in [0.05, 0.1) is 0 Å². The number of aryl methyl sites for hydroxylation is 1. The fourth-order valence-electron chi connectivity index (χ4n) is 2.79. The molecule has 0 radical (unpaired) electrons. The Hall–Kier alpha value is -1.35. The van der Waals surface area contributed by atoms with E-state index in [1.54, 1.807) is 0 Å². The minimum absolute atomic E-state index is 0.287. The van der Waals surface area contributed by atoms with Crippen molar-refractivity contribution in [2.75, 3.05) is 13.6 Å². The Kier molecular flexibility index (Phi) is 4.37. The van der Waals surface area contributed by atoms with Crippen LogP contribution in [0.2, 0.25) is 0 Å². The number of hydrogen-bond acceptors (Lipinski definition) is 2. The molecule has 0 saturated heterocycles. The average molecular weight is 247 g/mol. The van der Waals surface area contributed by atoms with E-state index in [4.69, 9.17) is 5.11 Å². The van der Waals surface area contributed by atoms with E-state index in [9.17, 15) is 4.79 Å². The van der Waals surface area contributed by atoms with Crippen molar-refractivity contribution in [3.05, 3.63) is 35.4 Å². The standard InChI is InChI=1S/C15H21NO2/c1-16(11-5-4-8-15(17)18)14-10-9-12-6-2-3-7-13(12)14/h2-3,6-7,14H,4-5,8-11H2,1H3,(H,17,18). The zero-order valence-corrected chi connectivity index (χ0v) is 10.9. The van der Waals surface area contributed by atoms with Gasteiger partial charge >= 0.3 is 5.97 Å². The fourth-order valence-corrected chi connectivity index (χ4v) is 2.79. The van der Waals surface area contributed by atoms with E-state index in [2.05, 4.69) is 36.2 Å². The first-order valence-electron chi connectivity index (χ1n) is 6.68. The van der Waals surface area contributed by atoms with Crippen LogP contribution in [0.25, 0.3) is 0 Å². The molecule has 18 heavy (non-hydrogen) atoms. The van der Waals surface area contributed by atoms with Crippen molar-refractivity contribution in [3.8, 4) is 0 Å². The van der Waals surface area contributed by atoms with Crippen molar-refractivity contribution in [3.63, 3.8) is 0 Å². The summed E-state index contributed by atoms with van der Waals surface area (Å²) in [5.74, 6) is -0.691. The number of rotatable bonds is 6. The Labute approximate surface area is 108 Å². The minimum Gasteiger partial charge on any atom is -0.481 e. The molecule has 1 N–H and O–H groups in total. The Balaban J connectivity index is 1.84. The summed E-state index contributed by atoms with van der Waals surface area (Å²) < 4.78 is 0. The molecule has 0 bridgehead atoms. The molecule has 2 rings (SSSR count). The highest BCUT2D eigenvalue weighted by Gasteiger charge is 2.24. The number of unbranched alkanes of at least 4 members (excludes halogenated alkanes) is 1. The molecular formula is C15H21NO2. The van der Waals surface area contributed by atoms with Crippen LogP contribution < -0.4 is 0 Å². The SMILES string of the molecule is CN(CCCCC(=O)O)C1CCc2ccccc21. The molecule has 98 valence electrons. The molecule has 0 spiro atoms. The third-order valence-electron chi connectivity index (χ3n) is 3.78. The zero-order valence-electron chi connectivity index (χ0n) is 10.9. The summed E-state index contributed by atoms with van der Waals surface area (Å²) >= 11 is 0. The van der Waals surface area contributed by atoms with Gasteiger partial charge in [-0.2, -0.15) is 0 Å². The highest BCUT2D eigenvalue weighted by Crippen LogP contribution is 2.34. The van der Waals surface area contributed by atoms with E-state index < -0.39 is 5.97 Å². The monoisotopic (exact) mass is 247 g/mol. The van der Waals surface area contributed by atoms with Crippen molar-refractivity contribution in [2.45, 2.75) is 38.1 Å². The summed E-state index contributed by atoms with van der Waals surface area (Å²) in [5, 5.41) is 8.61. The van der Waals surface area contributed by atoms with Gasteiger partial charge in [-0.1, -0.05) is 24.3 Å². The predicted octanol–water partition coefficient (Wildman–Crippen LogP) is 2.86. The molecule has 0 aliphatic heterocycles. The van der Waals surface area contributed by atoms with Crippen LogP contribution in [0.1, 0.15) is 42.9 Å². The maximum atomic E-state index is 10.5. The van der Waals surface area contributed by atoms with Crippen molar-refractivity contribution in [1.29, 1.82) is 0 Å². The van der Waals surface area contributed by atoms with Gasteiger partial charge in [-0.15, -0.1) is 0 Å². The first kappa shape index (κ1) is 13.1. The third-order valence-corrected chi connectivity index (χ3v) is 3.78. The number of carboxylic acid groups (broad SMARTS) is 1. The van der Waals surface area contributed by atoms with Crippen LogP contribution in [0.3, 0.4) is 0 Å². The van der Waals surface area contributed by atoms with Crippen molar-refractivity contribution in [2.24, 2.45) is 0 Å². The molecule has 1 aliphatic carbocycles. The summed E-state index contributed by atoms with van der Waals surface area (Å²) in [4.78, 5) is 12.8. The van der Waals surface area contributed by atoms with Crippen molar-refractivity contribution < 1.29 is 9.90 Å². The molecule has 0 aromatic heterocycles. The van der Waals surface area contributed by atoms with Crippen LogP contribution in [-0.4, -0.2) is 29.6 Å². The number of carbonyl (C=O) groups is 1.